The third-order valence-corrected chi connectivity index (χ3v) is 4.48. The van der Waals surface area contributed by atoms with E-state index in [2.05, 4.69) is 19.8 Å². The van der Waals surface area contributed by atoms with Gasteiger partial charge in [0.2, 0.25) is 5.91 Å². The quantitative estimate of drug-likeness (QED) is 0.921. The number of pyridine rings is 1. The number of halogens is 2. The van der Waals surface area contributed by atoms with Gasteiger partial charge in [0.1, 0.15) is 5.82 Å². The smallest absolute Gasteiger partial charge is 0.395 e. The summed E-state index contributed by atoms with van der Waals surface area (Å²) in [6, 6.07) is 8.21. The van der Waals surface area contributed by atoms with Crippen molar-refractivity contribution in [3.8, 4) is 11.5 Å². The molecule has 0 saturated heterocycles. The zero-order valence-electron chi connectivity index (χ0n) is 13.7. The van der Waals surface area contributed by atoms with Crippen LogP contribution < -0.4 is 14.8 Å². The standard InChI is InChI=1S/C18H16F2N2O3/c1-10-7-11(2)21-15(8-10)22-16(23)17(5-6-17)12-3-4-13-14(9-12)25-18(19,20)24-13/h3-4,7-9H,5-6H2,1-2H3,(H,21,22,23). The van der Waals surface area contributed by atoms with Gasteiger partial charge in [0.15, 0.2) is 11.5 Å². The van der Waals surface area contributed by atoms with Crippen molar-refractivity contribution in [3.05, 3.63) is 47.2 Å². The Hall–Kier alpha value is -2.70. The summed E-state index contributed by atoms with van der Waals surface area (Å²) in [4.78, 5) is 17.1. The number of fused-ring (bicyclic) bond motifs is 1. The Morgan fingerprint density at radius 1 is 1.12 bits per heavy atom. The summed E-state index contributed by atoms with van der Waals surface area (Å²) in [6.07, 6.45) is -2.39. The van der Waals surface area contributed by atoms with Crippen molar-refractivity contribution in [2.24, 2.45) is 0 Å². The predicted octanol–water partition coefficient (Wildman–Crippen LogP) is 3.69. The summed E-state index contributed by atoms with van der Waals surface area (Å²) in [7, 11) is 0. The van der Waals surface area contributed by atoms with Gasteiger partial charge in [-0.1, -0.05) is 6.07 Å². The lowest BCUT2D eigenvalue weighted by Gasteiger charge is -2.16. The maximum atomic E-state index is 13.2. The first-order valence-corrected chi connectivity index (χ1v) is 7.95. The van der Waals surface area contributed by atoms with Crippen LogP contribution in [0.15, 0.2) is 30.3 Å². The van der Waals surface area contributed by atoms with Crippen LogP contribution in [0.25, 0.3) is 0 Å². The molecule has 0 spiro atoms. The van der Waals surface area contributed by atoms with E-state index in [4.69, 9.17) is 0 Å². The van der Waals surface area contributed by atoms with Crippen molar-refractivity contribution in [3.63, 3.8) is 0 Å². The van der Waals surface area contributed by atoms with Crippen molar-refractivity contribution in [2.75, 3.05) is 5.32 Å². The molecule has 2 aliphatic rings. The van der Waals surface area contributed by atoms with E-state index >= 15 is 0 Å². The number of amides is 1. The molecule has 1 amide bonds. The number of rotatable bonds is 3. The van der Waals surface area contributed by atoms with Crippen LogP contribution in [0.4, 0.5) is 14.6 Å². The largest absolute Gasteiger partial charge is 0.586 e. The number of hydrogen-bond acceptors (Lipinski definition) is 4. The number of nitrogens with zero attached hydrogens (tertiary/aromatic N) is 1. The van der Waals surface area contributed by atoms with E-state index in [1.165, 1.54) is 12.1 Å². The van der Waals surface area contributed by atoms with Crippen LogP contribution in [-0.4, -0.2) is 17.2 Å². The molecule has 1 aliphatic heterocycles. The first-order valence-electron chi connectivity index (χ1n) is 7.95. The van der Waals surface area contributed by atoms with Gasteiger partial charge >= 0.3 is 6.29 Å². The molecule has 1 aliphatic carbocycles. The second-order valence-corrected chi connectivity index (χ2v) is 6.54. The molecule has 0 unspecified atom stereocenters. The molecule has 2 heterocycles. The molecule has 25 heavy (non-hydrogen) atoms. The molecule has 5 nitrogen and oxygen atoms in total. The second kappa shape index (κ2) is 5.15. The van der Waals surface area contributed by atoms with Gasteiger partial charge in [-0.3, -0.25) is 4.79 Å². The number of aryl methyl sites for hydroxylation is 2. The Morgan fingerprint density at radius 2 is 1.84 bits per heavy atom. The highest BCUT2D eigenvalue weighted by atomic mass is 19.3. The molecule has 1 aromatic heterocycles. The van der Waals surface area contributed by atoms with Crippen LogP contribution in [0.3, 0.4) is 0 Å². The van der Waals surface area contributed by atoms with Crippen LogP contribution in [0.5, 0.6) is 11.5 Å². The van der Waals surface area contributed by atoms with Gasteiger partial charge in [0, 0.05) is 5.69 Å². The minimum absolute atomic E-state index is 0.0269. The lowest BCUT2D eigenvalue weighted by Crippen LogP contribution is -2.28. The summed E-state index contributed by atoms with van der Waals surface area (Å²) in [5.41, 5.74) is 1.70. The number of aromatic nitrogens is 1. The first kappa shape index (κ1) is 15.8. The molecule has 4 rings (SSSR count). The van der Waals surface area contributed by atoms with Gasteiger partial charge in [-0.2, -0.15) is 0 Å². The average Bonchev–Trinajstić information content (AvgIpc) is 3.23. The van der Waals surface area contributed by atoms with Gasteiger partial charge in [0.25, 0.3) is 0 Å². The number of anilines is 1. The molecule has 0 bridgehead atoms. The van der Waals surface area contributed by atoms with Crippen LogP contribution in [0.2, 0.25) is 0 Å². The number of nitrogens with one attached hydrogen (secondary N) is 1. The van der Waals surface area contributed by atoms with Gasteiger partial charge in [-0.15, -0.1) is 8.78 Å². The van der Waals surface area contributed by atoms with Crippen LogP contribution in [-0.2, 0) is 10.2 Å². The van der Waals surface area contributed by atoms with Crippen LogP contribution >= 0.6 is 0 Å². The van der Waals surface area contributed by atoms with Crippen LogP contribution in [0, 0.1) is 13.8 Å². The van der Waals surface area contributed by atoms with Crippen LogP contribution in [0.1, 0.15) is 29.7 Å². The predicted molar refractivity (Wildman–Crippen MR) is 85.9 cm³/mol. The lowest BCUT2D eigenvalue weighted by atomic mass is 9.94. The normalized spacial score (nSPS) is 18.7. The first-order chi connectivity index (χ1) is 11.8. The fourth-order valence-corrected chi connectivity index (χ4v) is 3.16. The zero-order chi connectivity index (χ0) is 17.8. The Labute approximate surface area is 143 Å². The molecule has 1 saturated carbocycles. The molecule has 0 atom stereocenters. The van der Waals surface area contributed by atoms with E-state index in [9.17, 15) is 13.6 Å². The Bertz CT molecular complexity index is 858. The highest BCUT2D eigenvalue weighted by Gasteiger charge is 2.52. The molecular weight excluding hydrogens is 330 g/mol. The third-order valence-electron chi connectivity index (χ3n) is 4.48. The SMILES string of the molecule is Cc1cc(C)nc(NC(=O)C2(c3ccc4c(c3)OC(F)(F)O4)CC2)c1. The number of benzene rings is 1. The highest BCUT2D eigenvalue weighted by Crippen LogP contribution is 2.52. The second-order valence-electron chi connectivity index (χ2n) is 6.54. The third kappa shape index (κ3) is 2.79. The number of alkyl halides is 2. The van der Waals surface area contributed by atoms with Crippen molar-refractivity contribution >= 4 is 11.7 Å². The molecule has 1 aromatic carbocycles. The van der Waals surface area contributed by atoms with Gasteiger partial charge in [0.05, 0.1) is 5.41 Å². The minimum atomic E-state index is -3.66. The lowest BCUT2D eigenvalue weighted by molar-refractivity contribution is -0.286. The van der Waals surface area contributed by atoms with Crippen molar-refractivity contribution in [2.45, 2.75) is 38.4 Å². The van der Waals surface area contributed by atoms with Crippen molar-refractivity contribution < 1.29 is 23.0 Å². The van der Waals surface area contributed by atoms with E-state index in [-0.39, 0.29) is 17.4 Å². The summed E-state index contributed by atoms with van der Waals surface area (Å²) >= 11 is 0. The number of hydrogen-bond donors (Lipinski definition) is 1. The number of carbonyl (C=O) groups excluding carboxylic acids is 1. The molecule has 130 valence electrons. The maximum absolute atomic E-state index is 13.2. The van der Waals surface area contributed by atoms with E-state index in [1.807, 2.05) is 19.9 Å². The topological polar surface area (TPSA) is 60.5 Å². The Morgan fingerprint density at radius 3 is 2.52 bits per heavy atom. The fourth-order valence-electron chi connectivity index (χ4n) is 3.16. The molecule has 1 N–H and O–H groups in total. The summed E-state index contributed by atoms with van der Waals surface area (Å²) in [6.45, 7) is 3.78. The summed E-state index contributed by atoms with van der Waals surface area (Å²) in [5.74, 6) is 0.212. The monoisotopic (exact) mass is 346 g/mol. The Balaban J connectivity index is 1.59. The van der Waals surface area contributed by atoms with Gasteiger partial charge < -0.3 is 14.8 Å². The van der Waals surface area contributed by atoms with Gasteiger partial charge in [-0.05, 0) is 62.1 Å². The fraction of sp³-hybridized carbons (Fsp3) is 0.333. The molecule has 7 heteroatoms. The number of carbonyl (C=O) groups is 1. The van der Waals surface area contributed by atoms with Crippen molar-refractivity contribution in [1.29, 1.82) is 0 Å². The molecule has 0 radical (unpaired) electrons. The van der Waals surface area contributed by atoms with E-state index < -0.39 is 11.7 Å². The maximum Gasteiger partial charge on any atom is 0.586 e. The summed E-state index contributed by atoms with van der Waals surface area (Å²) < 4.78 is 35.2. The summed E-state index contributed by atoms with van der Waals surface area (Å²) in [5, 5.41) is 2.84. The Kier molecular flexibility index (Phi) is 3.25. The molecular formula is C18H16F2N2O3. The van der Waals surface area contributed by atoms with Gasteiger partial charge in [-0.25, -0.2) is 4.98 Å². The van der Waals surface area contributed by atoms with E-state index in [1.54, 1.807) is 12.1 Å². The number of ether oxygens (including phenoxy) is 2. The molecule has 2 aromatic rings. The van der Waals surface area contributed by atoms with E-state index in [0.717, 1.165) is 11.3 Å². The van der Waals surface area contributed by atoms with E-state index in [0.29, 0.717) is 24.2 Å². The average molecular weight is 346 g/mol. The molecule has 1 fully saturated rings. The highest BCUT2D eigenvalue weighted by molar-refractivity contribution is 6.01. The van der Waals surface area contributed by atoms with Crippen molar-refractivity contribution in [1.82, 2.24) is 4.98 Å². The zero-order valence-corrected chi connectivity index (χ0v) is 13.7. The minimum Gasteiger partial charge on any atom is -0.395 e.